The molecule has 0 saturated carbocycles. The number of ether oxygens (including phenoxy) is 1. The molecule has 0 fully saturated rings. The van der Waals surface area contributed by atoms with Gasteiger partial charge in [-0.25, -0.2) is 4.79 Å². The minimum absolute atomic E-state index is 0.272. The predicted molar refractivity (Wildman–Crippen MR) is 68.3 cm³/mol. The third-order valence-corrected chi connectivity index (χ3v) is 2.32. The highest BCUT2D eigenvalue weighted by molar-refractivity contribution is 5.81. The van der Waals surface area contributed by atoms with Gasteiger partial charge in [0.05, 0.1) is 0 Å². The van der Waals surface area contributed by atoms with Crippen LogP contribution in [0.2, 0.25) is 0 Å². The van der Waals surface area contributed by atoms with E-state index in [1.807, 2.05) is 6.08 Å². The Morgan fingerprint density at radius 3 is 2.56 bits per heavy atom. The molecule has 0 heterocycles. The van der Waals surface area contributed by atoms with Gasteiger partial charge in [0.15, 0.2) is 0 Å². The number of unbranched alkanes of at least 4 members (excludes halogenated alkanes) is 6. The molecule has 0 aliphatic rings. The Morgan fingerprint density at radius 2 is 1.88 bits per heavy atom. The Balaban J connectivity index is 3.26. The average Bonchev–Trinajstić information content (AvgIpc) is 2.30. The second-order valence-electron chi connectivity index (χ2n) is 3.88. The maximum Gasteiger partial charge on any atom is 0.330 e. The fourth-order valence-corrected chi connectivity index (χ4v) is 1.41. The van der Waals surface area contributed by atoms with Crippen LogP contribution in [0.3, 0.4) is 0 Å². The van der Waals surface area contributed by atoms with Gasteiger partial charge in [0, 0.05) is 6.08 Å². The van der Waals surface area contributed by atoms with Gasteiger partial charge in [0.25, 0.3) is 0 Å². The van der Waals surface area contributed by atoms with E-state index < -0.39 is 0 Å². The summed E-state index contributed by atoms with van der Waals surface area (Å²) in [5.41, 5.74) is 0. The first-order chi connectivity index (χ1) is 7.81. The van der Waals surface area contributed by atoms with Crippen molar-refractivity contribution in [2.45, 2.75) is 51.9 Å². The molecule has 0 aliphatic heterocycles. The lowest BCUT2D eigenvalue weighted by Crippen LogP contribution is -1.99. The molecule has 2 nitrogen and oxygen atoms in total. The van der Waals surface area contributed by atoms with Crippen LogP contribution in [0.25, 0.3) is 0 Å². The second kappa shape index (κ2) is 12.0. The lowest BCUT2D eigenvalue weighted by Gasteiger charge is -1.98. The number of allylic oxidation sites excluding steroid dienone is 1. The van der Waals surface area contributed by atoms with E-state index in [9.17, 15) is 4.79 Å². The molecule has 0 spiro atoms. The minimum atomic E-state index is -0.272. The van der Waals surface area contributed by atoms with Gasteiger partial charge in [0.1, 0.15) is 6.61 Å². The van der Waals surface area contributed by atoms with E-state index in [2.05, 4.69) is 13.5 Å². The Labute approximate surface area is 99.4 Å². The molecule has 0 N–H and O–H groups in total. The maximum absolute atomic E-state index is 11.0. The van der Waals surface area contributed by atoms with Gasteiger partial charge in [-0.05, 0) is 12.8 Å². The lowest BCUT2D eigenvalue weighted by atomic mass is 10.1. The Bertz CT molecular complexity index is 207. The van der Waals surface area contributed by atoms with Crippen LogP contribution in [-0.4, -0.2) is 12.6 Å². The maximum atomic E-state index is 11.0. The summed E-state index contributed by atoms with van der Waals surface area (Å²) >= 11 is 0. The molecule has 0 amide bonds. The summed E-state index contributed by atoms with van der Waals surface area (Å²) in [6, 6.07) is 0. The first kappa shape index (κ1) is 14.9. The number of carbonyl (C=O) groups excluding carboxylic acids is 1. The van der Waals surface area contributed by atoms with Crippen molar-refractivity contribution in [1.29, 1.82) is 0 Å². The Kier molecular flexibility index (Phi) is 11.2. The molecular weight excluding hydrogens is 200 g/mol. The standard InChI is InChI=1S/C14H24O2/c1-3-5-6-7-8-9-10-11-12-14(15)16-13-4-2/h4,11-12H,2-3,5-10,13H2,1H3. The molecule has 0 saturated heterocycles. The molecule has 0 radical (unpaired) electrons. The second-order valence-corrected chi connectivity index (χ2v) is 3.88. The van der Waals surface area contributed by atoms with E-state index in [0.29, 0.717) is 6.61 Å². The number of hydrogen-bond acceptors (Lipinski definition) is 2. The SMILES string of the molecule is C=CCOC(=O)C=CCCCCCCCC. The van der Waals surface area contributed by atoms with Crippen LogP contribution >= 0.6 is 0 Å². The molecule has 0 aromatic carbocycles. The van der Waals surface area contributed by atoms with Gasteiger partial charge in [0.2, 0.25) is 0 Å². The van der Waals surface area contributed by atoms with Crippen molar-refractivity contribution in [3.8, 4) is 0 Å². The summed E-state index contributed by atoms with van der Waals surface area (Å²) in [7, 11) is 0. The summed E-state index contributed by atoms with van der Waals surface area (Å²) < 4.78 is 4.81. The summed E-state index contributed by atoms with van der Waals surface area (Å²) in [6.07, 6.45) is 13.6. The van der Waals surface area contributed by atoms with E-state index in [4.69, 9.17) is 4.74 Å². The van der Waals surface area contributed by atoms with E-state index in [-0.39, 0.29) is 5.97 Å². The van der Waals surface area contributed by atoms with Gasteiger partial charge in [-0.1, -0.05) is 57.8 Å². The number of hydrogen-bond donors (Lipinski definition) is 0. The van der Waals surface area contributed by atoms with Gasteiger partial charge in [-0.15, -0.1) is 0 Å². The van der Waals surface area contributed by atoms with Crippen molar-refractivity contribution in [3.63, 3.8) is 0 Å². The molecule has 16 heavy (non-hydrogen) atoms. The highest BCUT2D eigenvalue weighted by atomic mass is 16.5. The van der Waals surface area contributed by atoms with Crippen LogP contribution in [0.15, 0.2) is 24.8 Å². The number of esters is 1. The fourth-order valence-electron chi connectivity index (χ4n) is 1.41. The van der Waals surface area contributed by atoms with Crippen LogP contribution in [0.5, 0.6) is 0 Å². The van der Waals surface area contributed by atoms with Crippen LogP contribution < -0.4 is 0 Å². The van der Waals surface area contributed by atoms with Crippen LogP contribution in [0, 0.1) is 0 Å². The summed E-state index contributed by atoms with van der Waals surface area (Å²) in [6.45, 7) is 5.99. The van der Waals surface area contributed by atoms with Crippen molar-refractivity contribution in [3.05, 3.63) is 24.8 Å². The molecule has 0 aromatic rings. The van der Waals surface area contributed by atoms with E-state index in [0.717, 1.165) is 12.8 Å². The van der Waals surface area contributed by atoms with Crippen molar-refractivity contribution in [2.24, 2.45) is 0 Å². The predicted octanol–water partition coefficient (Wildman–Crippen LogP) is 4.02. The highest BCUT2D eigenvalue weighted by Crippen LogP contribution is 2.07. The molecule has 2 heteroatoms. The molecule has 0 aromatic heterocycles. The zero-order chi connectivity index (χ0) is 12.1. The monoisotopic (exact) mass is 224 g/mol. The minimum Gasteiger partial charge on any atom is -0.458 e. The topological polar surface area (TPSA) is 26.3 Å². The molecular formula is C14H24O2. The Hall–Kier alpha value is -1.05. The molecule has 0 aliphatic carbocycles. The summed E-state index contributed by atoms with van der Waals surface area (Å²) in [5.74, 6) is -0.272. The number of carbonyl (C=O) groups is 1. The van der Waals surface area contributed by atoms with E-state index >= 15 is 0 Å². The van der Waals surface area contributed by atoms with E-state index in [1.54, 1.807) is 6.08 Å². The first-order valence-corrected chi connectivity index (χ1v) is 6.25. The number of rotatable bonds is 10. The molecule has 0 unspecified atom stereocenters. The largest absolute Gasteiger partial charge is 0.458 e. The smallest absolute Gasteiger partial charge is 0.330 e. The van der Waals surface area contributed by atoms with Crippen molar-refractivity contribution >= 4 is 5.97 Å². The molecule has 0 bridgehead atoms. The summed E-state index contributed by atoms with van der Waals surface area (Å²) in [5, 5.41) is 0. The third-order valence-electron chi connectivity index (χ3n) is 2.32. The van der Waals surface area contributed by atoms with Crippen molar-refractivity contribution in [2.75, 3.05) is 6.61 Å². The quantitative estimate of drug-likeness (QED) is 0.242. The zero-order valence-corrected chi connectivity index (χ0v) is 10.4. The van der Waals surface area contributed by atoms with Gasteiger partial charge in [-0.2, -0.15) is 0 Å². The van der Waals surface area contributed by atoms with Crippen LogP contribution in [-0.2, 0) is 9.53 Å². The molecule has 0 rings (SSSR count). The van der Waals surface area contributed by atoms with Crippen molar-refractivity contribution in [1.82, 2.24) is 0 Å². The normalized spacial score (nSPS) is 10.6. The highest BCUT2D eigenvalue weighted by Gasteiger charge is 1.93. The van der Waals surface area contributed by atoms with Gasteiger partial charge < -0.3 is 4.74 Å². The third kappa shape index (κ3) is 11.0. The summed E-state index contributed by atoms with van der Waals surface area (Å²) in [4.78, 5) is 11.0. The van der Waals surface area contributed by atoms with Crippen LogP contribution in [0.1, 0.15) is 51.9 Å². The van der Waals surface area contributed by atoms with E-state index in [1.165, 1.54) is 38.2 Å². The van der Waals surface area contributed by atoms with Crippen molar-refractivity contribution < 1.29 is 9.53 Å². The lowest BCUT2D eigenvalue weighted by molar-refractivity contribution is -0.136. The fraction of sp³-hybridized carbons (Fsp3) is 0.643. The Morgan fingerprint density at radius 1 is 1.19 bits per heavy atom. The van der Waals surface area contributed by atoms with Crippen LogP contribution in [0.4, 0.5) is 0 Å². The molecule has 92 valence electrons. The average molecular weight is 224 g/mol. The van der Waals surface area contributed by atoms with Gasteiger partial charge >= 0.3 is 5.97 Å². The zero-order valence-electron chi connectivity index (χ0n) is 10.4. The molecule has 0 atom stereocenters. The van der Waals surface area contributed by atoms with Gasteiger partial charge in [-0.3, -0.25) is 0 Å². The first-order valence-electron chi connectivity index (χ1n) is 6.25.